The molecule has 0 saturated carbocycles. The van der Waals surface area contributed by atoms with E-state index in [1.54, 1.807) is 31.2 Å². The molecule has 9 N–H and O–H groups in total. The third-order valence-electron chi connectivity index (χ3n) is 11.1. The molecule has 398 valence electrons. The number of benzene rings is 7. The van der Waals surface area contributed by atoms with Crippen LogP contribution in [0.1, 0.15) is 79.1 Å². The van der Waals surface area contributed by atoms with E-state index in [1.807, 2.05) is 116 Å². The number of nitrogens with two attached hydrogens (primary N) is 2. The van der Waals surface area contributed by atoms with Gasteiger partial charge in [0.1, 0.15) is 48.3 Å². The van der Waals surface area contributed by atoms with Crippen LogP contribution in [0.2, 0.25) is 0 Å². The van der Waals surface area contributed by atoms with Crippen molar-refractivity contribution in [2.75, 3.05) is 0 Å². The Morgan fingerprint density at radius 1 is 0.387 bits per heavy atom. The minimum Gasteiger partial charge on any atom is -0.508 e. The summed E-state index contributed by atoms with van der Waals surface area (Å²) in [5.41, 5.74) is 19.6. The van der Waals surface area contributed by atoms with Crippen molar-refractivity contribution in [3.8, 4) is 23.0 Å². The van der Waals surface area contributed by atoms with Crippen molar-refractivity contribution in [3.63, 3.8) is 0 Å². The van der Waals surface area contributed by atoms with Crippen LogP contribution in [0.4, 0.5) is 0 Å². The highest BCUT2D eigenvalue weighted by atomic mass is 16.5. The average Bonchev–Trinajstić information content (AvgIpc) is 3.39. The van der Waals surface area contributed by atoms with Gasteiger partial charge in [0.25, 0.3) is 0 Å². The standard InChI is InChI=1S/C17H18O3.C17H20O.C10H13NO2.C10H14O.C9H11NO3/c1-13(17(18)19)11-14-7-9-16(10-8-14)20-12-15-5-3-2-4-6-15;1-14(2)12-15-8-10-17(11-9-15)18-13-16-6-4-3-5-7-16;1-7-2-4-8(5-3-7)6-9(11)10(12)13;1-8(2)7-9-3-5-10(11)6-4-9;10-8(9(12)13)5-6-1-3-7(11)4-2-6/h2-10,13H,11-12H2,1H3,(H,18,19);3-11,14H,12-13H2,1-2H3;2-5,9H,6,11H2,1H3,(H,12,13);3-6,8,11H,7H2,1-2H3;1-4,8,11H,5,10H2,(H,12,13)/t13-;;9-;;8-/m0.0.0/s1. The van der Waals surface area contributed by atoms with Crippen molar-refractivity contribution >= 4 is 17.9 Å². The summed E-state index contributed by atoms with van der Waals surface area (Å²) in [7, 11) is 0. The zero-order valence-corrected chi connectivity index (χ0v) is 44.1. The molecule has 12 nitrogen and oxygen atoms in total. The van der Waals surface area contributed by atoms with Crippen LogP contribution in [-0.2, 0) is 59.7 Å². The molecule has 0 fully saturated rings. The quantitative estimate of drug-likeness (QED) is 0.0402. The first-order valence-electron chi connectivity index (χ1n) is 25.1. The van der Waals surface area contributed by atoms with Gasteiger partial charge in [-0.25, -0.2) is 0 Å². The fraction of sp³-hybridized carbons (Fsp3) is 0.286. The maximum Gasteiger partial charge on any atom is 0.320 e. The monoisotopic (exact) mass is 1020 g/mol. The van der Waals surface area contributed by atoms with Gasteiger partial charge in [-0.2, -0.15) is 0 Å². The Morgan fingerprint density at radius 2 is 0.680 bits per heavy atom. The highest BCUT2D eigenvalue weighted by molar-refractivity contribution is 5.74. The maximum atomic E-state index is 10.8. The van der Waals surface area contributed by atoms with E-state index in [2.05, 4.69) is 64.1 Å². The van der Waals surface area contributed by atoms with E-state index in [0.29, 0.717) is 43.6 Å². The number of aliphatic carboxylic acids is 3. The highest BCUT2D eigenvalue weighted by Gasteiger charge is 2.13. The SMILES string of the molecule is CC(C)Cc1ccc(O)cc1.CC(C)Cc1ccc(OCc2ccccc2)cc1.C[C@@H](Cc1ccc(OCc2ccccc2)cc1)C(=O)O.Cc1ccc(C[C@H](N)C(=O)O)cc1.N[C@@H](Cc1ccc(O)cc1)C(=O)O. The zero-order valence-electron chi connectivity index (χ0n) is 44.1. The van der Waals surface area contributed by atoms with Gasteiger partial charge >= 0.3 is 17.9 Å². The smallest absolute Gasteiger partial charge is 0.320 e. The van der Waals surface area contributed by atoms with E-state index < -0.39 is 30.0 Å². The number of carbonyl (C=O) groups is 3. The van der Waals surface area contributed by atoms with Crippen LogP contribution >= 0.6 is 0 Å². The number of hydrogen-bond acceptors (Lipinski definition) is 9. The predicted octanol–water partition coefficient (Wildman–Crippen LogP) is 11.9. The average molecular weight is 1020 g/mol. The first-order chi connectivity index (χ1) is 35.8. The Balaban J connectivity index is 0.000000251. The molecule has 7 aromatic carbocycles. The van der Waals surface area contributed by atoms with Gasteiger partial charge in [0.2, 0.25) is 0 Å². The number of hydrogen-bond donors (Lipinski definition) is 7. The molecule has 0 aromatic heterocycles. The number of ether oxygens (including phenoxy) is 2. The van der Waals surface area contributed by atoms with Gasteiger partial charge in [0.05, 0.1) is 5.92 Å². The molecular formula is C63H76N2O10. The Morgan fingerprint density at radius 3 is 0.987 bits per heavy atom. The second kappa shape index (κ2) is 33.7. The van der Waals surface area contributed by atoms with Gasteiger partial charge in [-0.05, 0) is 138 Å². The third kappa shape index (κ3) is 27.1. The number of carboxylic acids is 3. The summed E-state index contributed by atoms with van der Waals surface area (Å²) in [5, 5.41) is 43.9. The topological polar surface area (TPSA) is 223 Å². The molecule has 0 bridgehead atoms. The lowest BCUT2D eigenvalue weighted by molar-refractivity contribution is -0.141. The molecule has 0 aliphatic heterocycles. The van der Waals surface area contributed by atoms with Crippen LogP contribution in [-0.4, -0.2) is 55.5 Å². The van der Waals surface area contributed by atoms with E-state index >= 15 is 0 Å². The van der Waals surface area contributed by atoms with Crippen LogP contribution in [0.15, 0.2) is 182 Å². The zero-order chi connectivity index (χ0) is 55.1. The van der Waals surface area contributed by atoms with Crippen molar-refractivity contribution in [2.45, 2.75) is 98.9 Å². The van der Waals surface area contributed by atoms with E-state index in [1.165, 1.54) is 28.8 Å². The van der Waals surface area contributed by atoms with Crippen LogP contribution in [0.5, 0.6) is 23.0 Å². The number of aryl methyl sites for hydroxylation is 1. The number of aromatic hydroxyl groups is 2. The summed E-state index contributed by atoms with van der Waals surface area (Å²) >= 11 is 0. The van der Waals surface area contributed by atoms with E-state index in [9.17, 15) is 14.4 Å². The Kier molecular flexibility index (Phi) is 27.6. The number of rotatable bonds is 19. The van der Waals surface area contributed by atoms with Gasteiger partial charge in [-0.3, -0.25) is 14.4 Å². The summed E-state index contributed by atoms with van der Waals surface area (Å²) in [4.78, 5) is 31.6. The molecule has 7 aromatic rings. The van der Waals surface area contributed by atoms with Crippen LogP contribution in [0.25, 0.3) is 0 Å². The lowest BCUT2D eigenvalue weighted by Gasteiger charge is -2.09. The molecule has 0 spiro atoms. The van der Waals surface area contributed by atoms with Crippen LogP contribution in [0.3, 0.4) is 0 Å². The minimum absolute atomic E-state index is 0.160. The van der Waals surface area contributed by atoms with Gasteiger partial charge in [0, 0.05) is 0 Å². The van der Waals surface area contributed by atoms with Crippen molar-refractivity contribution in [1.82, 2.24) is 0 Å². The molecule has 0 aliphatic rings. The van der Waals surface area contributed by atoms with Gasteiger partial charge in [-0.15, -0.1) is 0 Å². The molecule has 0 radical (unpaired) electrons. The highest BCUT2D eigenvalue weighted by Crippen LogP contribution is 2.19. The van der Waals surface area contributed by atoms with Gasteiger partial charge < -0.3 is 46.5 Å². The molecule has 0 aliphatic carbocycles. The van der Waals surface area contributed by atoms with Crippen molar-refractivity contribution in [1.29, 1.82) is 0 Å². The Bertz CT molecular complexity index is 2600. The second-order valence-corrected chi connectivity index (χ2v) is 19.1. The normalized spacial score (nSPS) is 11.5. The molecule has 7 rings (SSSR count). The fourth-order valence-electron chi connectivity index (χ4n) is 6.98. The summed E-state index contributed by atoms with van der Waals surface area (Å²) in [6.07, 6.45) is 3.40. The Labute approximate surface area is 443 Å². The van der Waals surface area contributed by atoms with E-state index in [0.717, 1.165) is 52.2 Å². The first-order valence-corrected chi connectivity index (χ1v) is 25.1. The summed E-state index contributed by atoms with van der Waals surface area (Å²) in [6.45, 7) is 13.7. The van der Waals surface area contributed by atoms with Crippen LogP contribution in [0, 0.1) is 24.7 Å². The fourth-order valence-corrected chi connectivity index (χ4v) is 6.98. The summed E-state index contributed by atoms with van der Waals surface area (Å²) < 4.78 is 11.4. The molecule has 0 saturated heterocycles. The largest absolute Gasteiger partial charge is 0.508 e. The molecule has 0 heterocycles. The van der Waals surface area contributed by atoms with Crippen molar-refractivity contribution < 1.29 is 49.4 Å². The molecule has 0 unspecified atom stereocenters. The molecule has 12 heteroatoms. The number of phenols is 2. The lowest BCUT2D eigenvalue weighted by Crippen LogP contribution is -2.32. The predicted molar refractivity (Wildman–Crippen MR) is 298 cm³/mol. The summed E-state index contributed by atoms with van der Waals surface area (Å²) in [6, 6.07) is 55.9. The number of phenolic OH excluding ortho intramolecular Hbond substituents is 2. The summed E-state index contributed by atoms with van der Waals surface area (Å²) in [5.74, 6) is 0.492. The molecule has 3 atom stereocenters. The minimum atomic E-state index is -1.02. The molecule has 75 heavy (non-hydrogen) atoms. The van der Waals surface area contributed by atoms with Gasteiger partial charge in [0.15, 0.2) is 0 Å². The van der Waals surface area contributed by atoms with E-state index in [-0.39, 0.29) is 18.1 Å². The van der Waals surface area contributed by atoms with E-state index in [4.69, 9.17) is 46.5 Å². The lowest BCUT2D eigenvalue weighted by atomic mass is 10.0. The van der Waals surface area contributed by atoms with Crippen LogP contribution < -0.4 is 20.9 Å². The maximum absolute atomic E-state index is 10.8. The van der Waals surface area contributed by atoms with Gasteiger partial charge in [-0.1, -0.05) is 174 Å². The van der Waals surface area contributed by atoms with Crippen molar-refractivity contribution in [3.05, 3.63) is 226 Å². The molecule has 0 amide bonds. The number of carboxylic acid groups (broad SMARTS) is 3. The third-order valence-corrected chi connectivity index (χ3v) is 11.1. The second-order valence-electron chi connectivity index (χ2n) is 19.1. The Hall–Kier alpha value is -7.93. The first kappa shape index (κ1) is 61.4. The van der Waals surface area contributed by atoms with Crippen molar-refractivity contribution in [2.24, 2.45) is 29.2 Å². The molecular weight excluding hydrogens is 945 g/mol.